The zero-order valence-corrected chi connectivity index (χ0v) is 25.3. The molecule has 4 unspecified atom stereocenters. The van der Waals surface area contributed by atoms with Gasteiger partial charge in [-0.15, -0.1) is 0 Å². The van der Waals surface area contributed by atoms with Gasteiger partial charge >= 0.3 is 5.97 Å². The van der Waals surface area contributed by atoms with Crippen LogP contribution in [0.15, 0.2) is 5.11 Å². The molecule has 2 rings (SSSR count). The minimum Gasteiger partial charge on any atom is -0.459 e. The third-order valence-corrected chi connectivity index (χ3v) is 13.8. The van der Waals surface area contributed by atoms with Crippen molar-refractivity contribution in [2.75, 3.05) is 0 Å². The normalized spacial score (nSPS) is 37.9. The van der Waals surface area contributed by atoms with Gasteiger partial charge in [-0.3, -0.25) is 4.79 Å². The van der Waals surface area contributed by atoms with Gasteiger partial charge in [0.1, 0.15) is 18.2 Å². The Morgan fingerprint density at radius 2 is 1.67 bits per heavy atom. The van der Waals surface area contributed by atoms with E-state index >= 15 is 0 Å². The highest BCUT2D eigenvalue weighted by Gasteiger charge is 2.53. The van der Waals surface area contributed by atoms with Crippen molar-refractivity contribution < 1.29 is 28.2 Å². The minimum atomic E-state index is -2.37. The number of rotatable bonds is 9. The molecule has 10 heteroatoms. The van der Waals surface area contributed by atoms with Crippen molar-refractivity contribution in [3.05, 3.63) is 10.4 Å². The predicted octanol–water partition coefficient (Wildman–Crippen LogP) is 6.43. The van der Waals surface area contributed by atoms with Gasteiger partial charge in [0.15, 0.2) is 20.9 Å². The van der Waals surface area contributed by atoms with Gasteiger partial charge in [-0.2, -0.15) is 0 Å². The molecule has 0 saturated carbocycles. The summed E-state index contributed by atoms with van der Waals surface area (Å²) < 4.78 is 31.6. The zero-order valence-electron chi connectivity index (χ0n) is 24.3. The summed E-state index contributed by atoms with van der Waals surface area (Å²) in [6.07, 6.45) is -2.44. The van der Waals surface area contributed by atoms with Crippen molar-refractivity contribution >= 4 is 14.3 Å². The Hall–Kier alpha value is -1.16. The summed E-state index contributed by atoms with van der Waals surface area (Å²) in [4.78, 5) is 15.3. The lowest BCUT2D eigenvalue weighted by molar-refractivity contribution is -0.315. The number of carbonyl (C=O) groups excluding carboxylic acids is 1. The molecular weight excluding hydrogens is 478 g/mol. The Morgan fingerprint density at radius 3 is 2.17 bits per heavy atom. The number of ether oxygens (including phenoxy) is 4. The second-order valence-corrected chi connectivity index (χ2v) is 16.7. The third kappa shape index (κ3) is 6.45. The Balaban J connectivity index is 2.39. The molecule has 2 saturated heterocycles. The van der Waals surface area contributed by atoms with Gasteiger partial charge in [0.2, 0.25) is 0 Å². The summed E-state index contributed by atoms with van der Waals surface area (Å²) >= 11 is 0. The Morgan fingerprint density at radius 1 is 1.06 bits per heavy atom. The van der Waals surface area contributed by atoms with Gasteiger partial charge in [0, 0.05) is 17.8 Å². The standard InChI is InChI=1S/C26H49N3O6Si/c1-13-20-16(5)15(4)17(6)24(33-20)34-22-18(7)31-25(21(28-29-27)23(22)32-19(8)30)35-36(11,12)26(9,10)14(2)3/h14-18,20-25H,13H2,1-12H3/t15-,16-,17?,18?,20?,21?,22+,23+,24-,25-/m0/s1. The van der Waals surface area contributed by atoms with Crippen molar-refractivity contribution in [1.82, 2.24) is 0 Å². The summed E-state index contributed by atoms with van der Waals surface area (Å²) in [6.45, 7) is 24.9. The molecule has 2 heterocycles. The van der Waals surface area contributed by atoms with Gasteiger partial charge in [-0.1, -0.05) is 60.5 Å². The monoisotopic (exact) mass is 527 g/mol. The van der Waals surface area contributed by atoms with Crippen LogP contribution in [-0.4, -0.2) is 57.3 Å². The van der Waals surface area contributed by atoms with Crippen LogP contribution < -0.4 is 0 Å². The van der Waals surface area contributed by atoms with Crippen molar-refractivity contribution in [2.45, 2.75) is 137 Å². The van der Waals surface area contributed by atoms with Crippen molar-refractivity contribution in [1.29, 1.82) is 0 Å². The maximum atomic E-state index is 12.2. The fourth-order valence-corrected chi connectivity index (χ4v) is 7.65. The highest BCUT2D eigenvalue weighted by atomic mass is 28.4. The molecule has 0 bridgehead atoms. The Labute approximate surface area is 218 Å². The van der Waals surface area contributed by atoms with Crippen LogP contribution in [0.25, 0.3) is 10.4 Å². The lowest BCUT2D eigenvalue weighted by Crippen LogP contribution is -2.63. The molecule has 0 aromatic heterocycles. The SMILES string of the molecule is CCC1O[C@@H](O[C@@H]2C(C)O[C@@H](O[Si](C)(C)C(C)(C)C(C)C)C(N=[N+]=[N-])[C@H]2OC(C)=O)C(C)[C@@H](C)[C@@H]1C. The summed E-state index contributed by atoms with van der Waals surface area (Å²) in [5.74, 6) is 0.802. The van der Waals surface area contributed by atoms with Gasteiger partial charge in [0.05, 0.1) is 12.2 Å². The topological polar surface area (TPSA) is 112 Å². The molecule has 0 amide bonds. The average Bonchev–Trinajstić information content (AvgIpc) is 2.77. The molecule has 9 nitrogen and oxygen atoms in total. The molecule has 2 aliphatic heterocycles. The van der Waals surface area contributed by atoms with E-state index in [-0.39, 0.29) is 17.1 Å². The smallest absolute Gasteiger partial charge is 0.303 e. The molecule has 0 N–H and O–H groups in total. The van der Waals surface area contributed by atoms with Crippen LogP contribution in [-0.2, 0) is 28.2 Å². The minimum absolute atomic E-state index is 0.0715. The largest absolute Gasteiger partial charge is 0.459 e. The molecule has 208 valence electrons. The molecule has 2 aliphatic rings. The van der Waals surface area contributed by atoms with Crippen molar-refractivity contribution in [3.8, 4) is 0 Å². The summed E-state index contributed by atoms with van der Waals surface area (Å²) in [5.41, 5.74) is 9.43. The molecular formula is C26H49N3O6Si. The van der Waals surface area contributed by atoms with E-state index in [2.05, 4.69) is 78.5 Å². The number of hydrogen-bond acceptors (Lipinski definition) is 7. The van der Waals surface area contributed by atoms with Crippen molar-refractivity contribution in [3.63, 3.8) is 0 Å². The van der Waals surface area contributed by atoms with E-state index in [0.29, 0.717) is 17.8 Å². The van der Waals surface area contributed by atoms with E-state index in [1.807, 2.05) is 6.92 Å². The van der Waals surface area contributed by atoms with Crippen molar-refractivity contribution in [2.24, 2.45) is 28.8 Å². The fourth-order valence-electron chi connectivity index (χ4n) is 5.18. The van der Waals surface area contributed by atoms with Crippen LogP contribution in [0.1, 0.15) is 75.7 Å². The van der Waals surface area contributed by atoms with Crippen LogP contribution in [0.2, 0.25) is 18.1 Å². The number of nitrogens with zero attached hydrogens (tertiary/aromatic N) is 3. The predicted molar refractivity (Wildman–Crippen MR) is 142 cm³/mol. The zero-order chi connectivity index (χ0) is 27.6. The third-order valence-electron chi connectivity index (χ3n) is 9.32. The molecule has 36 heavy (non-hydrogen) atoms. The molecule has 0 aliphatic carbocycles. The summed E-state index contributed by atoms with van der Waals surface area (Å²) in [7, 11) is -2.37. The highest BCUT2D eigenvalue weighted by molar-refractivity contribution is 6.74. The van der Waals surface area contributed by atoms with Gasteiger partial charge in [-0.05, 0) is 54.8 Å². The second kappa shape index (κ2) is 12.1. The average molecular weight is 528 g/mol. The van der Waals surface area contributed by atoms with E-state index in [4.69, 9.17) is 23.4 Å². The van der Waals surface area contributed by atoms with E-state index in [1.54, 1.807) is 0 Å². The maximum Gasteiger partial charge on any atom is 0.303 e. The lowest BCUT2D eigenvalue weighted by atomic mass is 9.78. The van der Waals surface area contributed by atoms with E-state index in [0.717, 1.165) is 6.42 Å². The van der Waals surface area contributed by atoms with Crippen LogP contribution in [0, 0.1) is 23.7 Å². The molecule has 0 aromatic carbocycles. The molecule has 10 atom stereocenters. The van der Waals surface area contributed by atoms with E-state index < -0.39 is 51.2 Å². The van der Waals surface area contributed by atoms with Crippen LogP contribution >= 0.6 is 0 Å². The fraction of sp³-hybridized carbons (Fsp3) is 0.962. The summed E-state index contributed by atoms with van der Waals surface area (Å²) in [5, 5.41) is 3.94. The number of azide groups is 1. The van der Waals surface area contributed by atoms with E-state index in [9.17, 15) is 10.3 Å². The Kier molecular flexibility index (Phi) is 10.5. The first kappa shape index (κ1) is 31.1. The first-order valence-electron chi connectivity index (χ1n) is 13.4. The van der Waals surface area contributed by atoms with Crippen LogP contribution in [0.4, 0.5) is 0 Å². The first-order valence-corrected chi connectivity index (χ1v) is 16.3. The summed E-state index contributed by atoms with van der Waals surface area (Å²) in [6, 6.07) is -0.896. The van der Waals surface area contributed by atoms with Gasteiger partial charge in [0.25, 0.3) is 0 Å². The number of esters is 1. The van der Waals surface area contributed by atoms with Crippen LogP contribution in [0.5, 0.6) is 0 Å². The number of carbonyl (C=O) groups is 1. The second-order valence-electron chi connectivity index (χ2n) is 12.1. The molecule has 2 fully saturated rings. The quantitative estimate of drug-likeness (QED) is 0.112. The molecule has 0 aromatic rings. The molecule has 0 spiro atoms. The lowest BCUT2D eigenvalue weighted by Gasteiger charge is -2.50. The number of hydrogen-bond donors (Lipinski definition) is 0. The molecule has 0 radical (unpaired) electrons. The Bertz CT molecular complexity index is 801. The van der Waals surface area contributed by atoms with Crippen LogP contribution in [0.3, 0.4) is 0 Å². The van der Waals surface area contributed by atoms with E-state index in [1.165, 1.54) is 6.92 Å². The maximum absolute atomic E-state index is 12.2. The highest BCUT2D eigenvalue weighted by Crippen LogP contribution is 2.46. The first-order chi connectivity index (χ1) is 16.6. The van der Waals surface area contributed by atoms with Gasteiger partial charge < -0.3 is 23.4 Å². The van der Waals surface area contributed by atoms with Gasteiger partial charge in [-0.25, -0.2) is 0 Å².